The van der Waals surface area contributed by atoms with E-state index in [0.717, 1.165) is 0 Å². The quantitative estimate of drug-likeness (QED) is 0.782. The zero-order valence-corrected chi connectivity index (χ0v) is 10.6. The van der Waals surface area contributed by atoms with Gasteiger partial charge in [-0.3, -0.25) is 9.59 Å². The molecule has 0 spiro atoms. The van der Waals surface area contributed by atoms with Crippen molar-refractivity contribution in [3.05, 3.63) is 22.4 Å². The highest BCUT2D eigenvalue weighted by atomic mass is 32.1. The fourth-order valence-corrected chi connectivity index (χ4v) is 2.13. The van der Waals surface area contributed by atoms with E-state index in [-0.39, 0.29) is 12.5 Å². The number of thiophene rings is 1. The average Bonchev–Trinajstić information content (AvgIpc) is 2.79. The van der Waals surface area contributed by atoms with Crippen LogP contribution in [0.25, 0.3) is 0 Å². The van der Waals surface area contributed by atoms with E-state index in [1.165, 1.54) is 4.88 Å². The number of hydrogen-bond donors (Lipinski definition) is 2. The van der Waals surface area contributed by atoms with Gasteiger partial charge in [0.05, 0.1) is 5.92 Å². The van der Waals surface area contributed by atoms with E-state index in [4.69, 9.17) is 5.11 Å². The molecule has 0 aliphatic heterocycles. The number of carbonyl (C=O) groups is 2. The third-order valence-electron chi connectivity index (χ3n) is 2.57. The molecule has 0 aliphatic rings. The molecule has 4 nitrogen and oxygen atoms in total. The van der Waals surface area contributed by atoms with E-state index in [1.54, 1.807) is 18.3 Å². The van der Waals surface area contributed by atoms with E-state index in [0.29, 0.717) is 19.3 Å². The molecule has 0 radical (unpaired) electrons. The van der Waals surface area contributed by atoms with Crippen LogP contribution < -0.4 is 5.32 Å². The molecule has 0 saturated heterocycles. The topological polar surface area (TPSA) is 66.4 Å². The van der Waals surface area contributed by atoms with Crippen LogP contribution in [0.2, 0.25) is 0 Å². The Morgan fingerprint density at radius 3 is 2.82 bits per heavy atom. The zero-order valence-electron chi connectivity index (χ0n) is 9.81. The molecule has 1 heterocycles. The Morgan fingerprint density at radius 2 is 2.29 bits per heavy atom. The highest BCUT2D eigenvalue weighted by Gasteiger charge is 2.15. The van der Waals surface area contributed by atoms with Crippen molar-refractivity contribution in [2.24, 2.45) is 5.92 Å². The second kappa shape index (κ2) is 7.06. The van der Waals surface area contributed by atoms with Crippen molar-refractivity contribution < 1.29 is 14.7 Å². The minimum atomic E-state index is -0.856. The summed E-state index contributed by atoms with van der Waals surface area (Å²) in [5, 5.41) is 13.5. The van der Waals surface area contributed by atoms with E-state index in [1.807, 2.05) is 17.5 Å². The van der Waals surface area contributed by atoms with Crippen molar-refractivity contribution in [1.82, 2.24) is 5.32 Å². The third-order valence-corrected chi connectivity index (χ3v) is 3.50. The molecule has 2 N–H and O–H groups in total. The van der Waals surface area contributed by atoms with Crippen LogP contribution in [0.4, 0.5) is 0 Å². The molecule has 94 valence electrons. The van der Waals surface area contributed by atoms with Gasteiger partial charge < -0.3 is 10.4 Å². The van der Waals surface area contributed by atoms with Gasteiger partial charge in [-0.25, -0.2) is 0 Å². The smallest absolute Gasteiger partial charge is 0.308 e. The minimum Gasteiger partial charge on any atom is -0.481 e. The number of hydrogen-bond acceptors (Lipinski definition) is 3. The van der Waals surface area contributed by atoms with Crippen molar-refractivity contribution in [1.29, 1.82) is 0 Å². The Labute approximate surface area is 105 Å². The van der Waals surface area contributed by atoms with Crippen molar-refractivity contribution in [2.45, 2.75) is 26.2 Å². The molecule has 1 rings (SSSR count). The first-order valence-electron chi connectivity index (χ1n) is 5.65. The first-order chi connectivity index (χ1) is 8.13. The molecule has 0 aliphatic carbocycles. The number of aryl methyl sites for hydroxylation is 1. The molecule has 0 saturated carbocycles. The van der Waals surface area contributed by atoms with Gasteiger partial charge in [0.15, 0.2) is 0 Å². The number of amides is 1. The fourth-order valence-electron chi connectivity index (χ4n) is 1.42. The van der Waals surface area contributed by atoms with Gasteiger partial charge in [0, 0.05) is 17.8 Å². The van der Waals surface area contributed by atoms with Gasteiger partial charge in [-0.1, -0.05) is 13.0 Å². The normalized spacial score (nSPS) is 12.1. The lowest BCUT2D eigenvalue weighted by atomic mass is 10.1. The summed E-state index contributed by atoms with van der Waals surface area (Å²) in [6.45, 7) is 2.02. The summed E-state index contributed by atoms with van der Waals surface area (Å²) in [4.78, 5) is 23.4. The molecule has 0 bridgehead atoms. The Kier molecular flexibility index (Phi) is 5.69. The summed E-state index contributed by atoms with van der Waals surface area (Å²) in [5.41, 5.74) is 0. The fraction of sp³-hybridized carbons (Fsp3) is 0.500. The molecule has 5 heteroatoms. The van der Waals surface area contributed by atoms with Gasteiger partial charge in [0.1, 0.15) is 0 Å². The van der Waals surface area contributed by atoms with E-state index in [9.17, 15) is 9.59 Å². The largest absolute Gasteiger partial charge is 0.481 e. The lowest BCUT2D eigenvalue weighted by molar-refractivity contribution is -0.141. The molecule has 1 atom stereocenters. The standard InChI is InChI=1S/C12H17NO3S/c1-2-9(12(15)16)8-13-11(14)6-5-10-4-3-7-17-10/h3-4,7,9H,2,5-6,8H2,1H3,(H,13,14)(H,15,16). The summed E-state index contributed by atoms with van der Waals surface area (Å²) in [6, 6.07) is 3.94. The summed E-state index contributed by atoms with van der Waals surface area (Å²) in [5.74, 6) is -1.43. The van der Waals surface area contributed by atoms with Crippen LogP contribution in [0.1, 0.15) is 24.6 Å². The van der Waals surface area contributed by atoms with Gasteiger partial charge >= 0.3 is 5.97 Å². The molecular weight excluding hydrogens is 238 g/mol. The Hall–Kier alpha value is -1.36. The number of nitrogens with one attached hydrogen (secondary N) is 1. The van der Waals surface area contributed by atoms with Gasteiger partial charge in [-0.05, 0) is 24.3 Å². The average molecular weight is 255 g/mol. The maximum absolute atomic E-state index is 11.5. The molecule has 17 heavy (non-hydrogen) atoms. The molecule has 1 aromatic heterocycles. The van der Waals surface area contributed by atoms with Crippen LogP contribution >= 0.6 is 11.3 Å². The van der Waals surface area contributed by atoms with Crippen molar-refractivity contribution in [3.8, 4) is 0 Å². The molecular formula is C12H17NO3S. The first-order valence-corrected chi connectivity index (χ1v) is 6.53. The molecule has 0 fully saturated rings. The van der Waals surface area contributed by atoms with Crippen molar-refractivity contribution in [3.63, 3.8) is 0 Å². The minimum absolute atomic E-state index is 0.0851. The number of aliphatic carboxylic acids is 1. The molecule has 1 unspecified atom stereocenters. The Bertz CT molecular complexity index is 362. The van der Waals surface area contributed by atoms with Crippen LogP contribution in [-0.4, -0.2) is 23.5 Å². The maximum Gasteiger partial charge on any atom is 0.308 e. The van der Waals surface area contributed by atoms with Crippen molar-refractivity contribution in [2.75, 3.05) is 6.54 Å². The van der Waals surface area contributed by atoms with Crippen LogP contribution in [0.5, 0.6) is 0 Å². The Morgan fingerprint density at radius 1 is 1.53 bits per heavy atom. The van der Waals surface area contributed by atoms with Crippen LogP contribution in [0.3, 0.4) is 0 Å². The SMILES string of the molecule is CCC(CNC(=O)CCc1cccs1)C(=O)O. The van der Waals surface area contributed by atoms with Gasteiger partial charge in [0.2, 0.25) is 5.91 Å². The number of carboxylic acid groups (broad SMARTS) is 1. The molecule has 0 aromatic carbocycles. The number of carboxylic acids is 1. The lowest BCUT2D eigenvalue weighted by Gasteiger charge is -2.10. The summed E-state index contributed by atoms with van der Waals surface area (Å²) in [7, 11) is 0. The highest BCUT2D eigenvalue weighted by molar-refractivity contribution is 7.09. The molecule has 1 amide bonds. The predicted octanol–water partition coefficient (Wildman–Crippen LogP) is 1.91. The molecule has 1 aromatic rings. The van der Waals surface area contributed by atoms with Crippen LogP contribution in [-0.2, 0) is 16.0 Å². The highest BCUT2D eigenvalue weighted by Crippen LogP contribution is 2.10. The van der Waals surface area contributed by atoms with E-state index in [2.05, 4.69) is 5.32 Å². The van der Waals surface area contributed by atoms with Crippen LogP contribution in [0, 0.1) is 5.92 Å². The monoisotopic (exact) mass is 255 g/mol. The summed E-state index contributed by atoms with van der Waals surface area (Å²) < 4.78 is 0. The predicted molar refractivity (Wildman–Crippen MR) is 67.1 cm³/mol. The summed E-state index contributed by atoms with van der Waals surface area (Å²) >= 11 is 1.62. The van der Waals surface area contributed by atoms with E-state index < -0.39 is 11.9 Å². The second-order valence-corrected chi connectivity index (χ2v) is 4.86. The summed E-state index contributed by atoms with van der Waals surface area (Å²) in [6.07, 6.45) is 1.66. The number of rotatable bonds is 7. The number of carbonyl (C=O) groups excluding carboxylic acids is 1. The van der Waals surface area contributed by atoms with Gasteiger partial charge in [-0.2, -0.15) is 0 Å². The van der Waals surface area contributed by atoms with Crippen molar-refractivity contribution >= 4 is 23.2 Å². The van der Waals surface area contributed by atoms with Gasteiger partial charge in [-0.15, -0.1) is 11.3 Å². The van der Waals surface area contributed by atoms with Crippen LogP contribution in [0.15, 0.2) is 17.5 Å². The second-order valence-electron chi connectivity index (χ2n) is 3.83. The maximum atomic E-state index is 11.5. The Balaban J connectivity index is 2.23. The zero-order chi connectivity index (χ0) is 12.7. The lowest BCUT2D eigenvalue weighted by Crippen LogP contribution is -2.32. The van der Waals surface area contributed by atoms with Gasteiger partial charge in [0.25, 0.3) is 0 Å². The van der Waals surface area contributed by atoms with E-state index >= 15 is 0 Å². The first kappa shape index (κ1) is 13.7. The third kappa shape index (κ3) is 4.99.